The maximum Gasteiger partial charge on any atom is 0.412 e. The number of alkyl carbamates (subject to hydrolysis) is 1. The van der Waals surface area contributed by atoms with E-state index in [0.29, 0.717) is 0 Å². The minimum atomic E-state index is -2.09. The standard InChI is InChI=1S/C20H42N2O5Si.C3H9N/c1-15(27-28(11,12)20(8,9)10)22(17(24)26-19(5,6)7)14-13-21-16(23)25-18(2,3)4;1-2-3-4/h15H,13-14H2,1-12H3,(H,21,23);2-4H2,1H3. The number of hydrogen-bond acceptors (Lipinski definition) is 6. The summed E-state index contributed by atoms with van der Waals surface area (Å²) in [5.41, 5.74) is 3.83. The Morgan fingerprint density at radius 1 is 0.969 bits per heavy atom. The molecule has 2 amide bonds. The quantitative estimate of drug-likeness (QED) is 0.372. The van der Waals surface area contributed by atoms with Gasteiger partial charge in [0.1, 0.15) is 17.4 Å². The van der Waals surface area contributed by atoms with Crippen LogP contribution in [0.3, 0.4) is 0 Å². The van der Waals surface area contributed by atoms with Gasteiger partial charge in [-0.3, -0.25) is 4.90 Å². The second-order valence-corrected chi connectivity index (χ2v) is 16.1. The zero-order valence-electron chi connectivity index (χ0n) is 23.0. The Bertz CT molecular complexity index is 561. The fourth-order valence-electron chi connectivity index (χ4n) is 2.00. The minimum absolute atomic E-state index is 0.00955. The number of carbonyl (C=O) groups is 2. The third kappa shape index (κ3) is 15.5. The summed E-state index contributed by atoms with van der Waals surface area (Å²) in [6.45, 7) is 26.8. The van der Waals surface area contributed by atoms with Crippen LogP contribution in [0.15, 0.2) is 0 Å². The lowest BCUT2D eigenvalue weighted by Crippen LogP contribution is -2.52. The highest BCUT2D eigenvalue weighted by Crippen LogP contribution is 2.37. The van der Waals surface area contributed by atoms with E-state index in [1.165, 1.54) is 4.90 Å². The van der Waals surface area contributed by atoms with Gasteiger partial charge < -0.3 is 25.0 Å². The number of nitrogens with two attached hydrogens (primary N) is 1. The Balaban J connectivity index is 0. The molecule has 0 aromatic heterocycles. The number of nitrogens with one attached hydrogen (secondary N) is 1. The van der Waals surface area contributed by atoms with E-state index < -0.39 is 37.9 Å². The summed E-state index contributed by atoms with van der Waals surface area (Å²) in [6.07, 6.45) is -0.365. The number of ether oxygens (including phenoxy) is 2. The van der Waals surface area contributed by atoms with Crippen LogP contribution in [0.1, 0.15) is 82.6 Å². The zero-order valence-corrected chi connectivity index (χ0v) is 24.0. The van der Waals surface area contributed by atoms with Gasteiger partial charge in [-0.05, 0) is 79.6 Å². The van der Waals surface area contributed by atoms with Gasteiger partial charge in [-0.15, -0.1) is 0 Å². The SMILES string of the molecule is CC(O[Si](C)(C)C(C)(C)C)N(CCNC(=O)OC(C)(C)C)C(=O)OC(C)(C)C.CCCN. The Kier molecular flexibility index (Phi) is 13.8. The molecular formula is C23H51N3O5Si. The second kappa shape index (κ2) is 13.4. The average Bonchev–Trinajstić information content (AvgIpc) is 2.54. The van der Waals surface area contributed by atoms with Crippen molar-refractivity contribution in [3.05, 3.63) is 0 Å². The Labute approximate surface area is 198 Å². The number of hydrogen-bond donors (Lipinski definition) is 2. The lowest BCUT2D eigenvalue weighted by Gasteiger charge is -2.41. The highest BCUT2D eigenvalue weighted by Gasteiger charge is 2.40. The normalized spacial score (nSPS) is 13.4. The molecule has 0 saturated heterocycles. The topological polar surface area (TPSA) is 103 Å². The molecule has 0 saturated carbocycles. The summed E-state index contributed by atoms with van der Waals surface area (Å²) < 4.78 is 17.1. The van der Waals surface area contributed by atoms with E-state index in [1.54, 1.807) is 20.8 Å². The number of rotatable bonds is 7. The van der Waals surface area contributed by atoms with Crippen molar-refractivity contribution in [2.24, 2.45) is 5.73 Å². The van der Waals surface area contributed by atoms with Crippen molar-refractivity contribution in [1.82, 2.24) is 10.2 Å². The molecule has 3 N–H and O–H groups in total. The zero-order chi connectivity index (χ0) is 26.0. The van der Waals surface area contributed by atoms with Crippen LogP contribution in [0.2, 0.25) is 18.1 Å². The molecule has 0 aliphatic rings. The largest absolute Gasteiger partial charge is 0.444 e. The first-order valence-electron chi connectivity index (χ1n) is 11.5. The molecule has 0 aromatic rings. The minimum Gasteiger partial charge on any atom is -0.444 e. The van der Waals surface area contributed by atoms with E-state index in [1.807, 2.05) is 27.7 Å². The van der Waals surface area contributed by atoms with E-state index in [9.17, 15) is 9.59 Å². The lowest BCUT2D eigenvalue weighted by molar-refractivity contribution is -0.0187. The lowest BCUT2D eigenvalue weighted by atomic mass is 10.2. The summed E-state index contributed by atoms with van der Waals surface area (Å²) in [5.74, 6) is 0. The monoisotopic (exact) mass is 477 g/mol. The van der Waals surface area contributed by atoms with Crippen LogP contribution in [-0.2, 0) is 13.9 Å². The van der Waals surface area contributed by atoms with Crippen LogP contribution >= 0.6 is 0 Å². The summed E-state index contributed by atoms with van der Waals surface area (Å²) in [4.78, 5) is 26.1. The first kappa shape index (κ1) is 32.9. The molecule has 0 bridgehead atoms. The molecule has 8 nitrogen and oxygen atoms in total. The van der Waals surface area contributed by atoms with E-state index >= 15 is 0 Å². The molecule has 0 aliphatic heterocycles. The fourth-order valence-corrected chi connectivity index (χ4v) is 3.34. The van der Waals surface area contributed by atoms with Crippen molar-refractivity contribution >= 4 is 20.5 Å². The highest BCUT2D eigenvalue weighted by atomic mass is 28.4. The number of amides is 2. The van der Waals surface area contributed by atoms with Crippen LogP contribution in [0.25, 0.3) is 0 Å². The van der Waals surface area contributed by atoms with Gasteiger partial charge in [0.25, 0.3) is 0 Å². The van der Waals surface area contributed by atoms with E-state index in [2.05, 4.69) is 46.1 Å². The summed E-state index contributed by atoms with van der Waals surface area (Å²) in [5, 5.41) is 2.69. The van der Waals surface area contributed by atoms with E-state index in [-0.39, 0.29) is 18.1 Å². The molecule has 9 heteroatoms. The Hall–Kier alpha value is -1.32. The van der Waals surface area contributed by atoms with Crippen molar-refractivity contribution in [2.75, 3.05) is 19.6 Å². The highest BCUT2D eigenvalue weighted by molar-refractivity contribution is 6.74. The number of carbonyl (C=O) groups excluding carboxylic acids is 2. The van der Waals surface area contributed by atoms with Crippen molar-refractivity contribution in [3.8, 4) is 0 Å². The van der Waals surface area contributed by atoms with Gasteiger partial charge in [-0.25, -0.2) is 9.59 Å². The van der Waals surface area contributed by atoms with E-state index in [4.69, 9.17) is 19.6 Å². The predicted octanol–water partition coefficient (Wildman–Crippen LogP) is 5.47. The van der Waals surface area contributed by atoms with Gasteiger partial charge in [0.15, 0.2) is 8.32 Å². The fraction of sp³-hybridized carbons (Fsp3) is 0.913. The molecule has 0 aromatic carbocycles. The van der Waals surface area contributed by atoms with Gasteiger partial charge >= 0.3 is 12.2 Å². The maximum atomic E-state index is 12.7. The summed E-state index contributed by atoms with van der Waals surface area (Å²) in [7, 11) is -2.09. The predicted molar refractivity (Wildman–Crippen MR) is 134 cm³/mol. The number of nitrogens with zero attached hydrogens (tertiary/aromatic N) is 1. The third-order valence-corrected chi connectivity index (χ3v) is 9.19. The molecule has 32 heavy (non-hydrogen) atoms. The molecule has 0 aliphatic carbocycles. The molecule has 0 spiro atoms. The van der Waals surface area contributed by atoms with Gasteiger partial charge in [-0.2, -0.15) is 0 Å². The average molecular weight is 478 g/mol. The molecule has 1 atom stereocenters. The molecule has 1 unspecified atom stereocenters. The summed E-state index contributed by atoms with van der Waals surface area (Å²) in [6, 6.07) is 0. The van der Waals surface area contributed by atoms with Crippen molar-refractivity contribution < 1.29 is 23.5 Å². The van der Waals surface area contributed by atoms with E-state index in [0.717, 1.165) is 13.0 Å². The van der Waals surface area contributed by atoms with Crippen molar-refractivity contribution in [3.63, 3.8) is 0 Å². The molecule has 192 valence electrons. The van der Waals surface area contributed by atoms with Crippen molar-refractivity contribution in [2.45, 2.75) is 118 Å². The van der Waals surface area contributed by atoms with Gasteiger partial charge in [0.2, 0.25) is 0 Å². The molecule has 0 fully saturated rings. The molecule has 0 rings (SSSR count). The second-order valence-electron chi connectivity index (χ2n) is 11.4. The molecular weight excluding hydrogens is 426 g/mol. The Morgan fingerprint density at radius 2 is 1.41 bits per heavy atom. The van der Waals surface area contributed by atoms with Crippen LogP contribution in [0, 0.1) is 0 Å². The Morgan fingerprint density at radius 3 is 1.75 bits per heavy atom. The smallest absolute Gasteiger partial charge is 0.412 e. The van der Waals surface area contributed by atoms with Crippen LogP contribution in [-0.4, -0.2) is 62.5 Å². The summed E-state index contributed by atoms with van der Waals surface area (Å²) >= 11 is 0. The first-order chi connectivity index (χ1) is 14.2. The maximum absolute atomic E-state index is 12.7. The van der Waals surface area contributed by atoms with Gasteiger partial charge in [0.05, 0.1) is 0 Å². The molecule has 0 radical (unpaired) electrons. The first-order valence-corrected chi connectivity index (χ1v) is 14.4. The van der Waals surface area contributed by atoms with Gasteiger partial charge in [-0.1, -0.05) is 27.7 Å². The van der Waals surface area contributed by atoms with Crippen LogP contribution in [0.4, 0.5) is 9.59 Å². The molecule has 0 heterocycles. The van der Waals surface area contributed by atoms with Crippen LogP contribution in [0.5, 0.6) is 0 Å². The third-order valence-electron chi connectivity index (χ3n) is 4.65. The van der Waals surface area contributed by atoms with Crippen molar-refractivity contribution in [1.29, 1.82) is 0 Å². The van der Waals surface area contributed by atoms with Crippen LogP contribution < -0.4 is 11.1 Å². The van der Waals surface area contributed by atoms with Gasteiger partial charge in [0, 0.05) is 13.1 Å².